The molecule has 1 atom stereocenters. The summed E-state index contributed by atoms with van der Waals surface area (Å²) < 4.78 is 0. The van der Waals surface area contributed by atoms with Gasteiger partial charge in [-0.2, -0.15) is 0 Å². The summed E-state index contributed by atoms with van der Waals surface area (Å²) in [6.45, 7) is 2.41. The number of nitrogens with one attached hydrogen (secondary N) is 1. The Morgan fingerprint density at radius 1 is 1.73 bits per heavy atom. The van der Waals surface area contributed by atoms with Gasteiger partial charge in [0.15, 0.2) is 5.54 Å². The Morgan fingerprint density at radius 3 is 2.82 bits per heavy atom. The van der Waals surface area contributed by atoms with E-state index in [0.717, 1.165) is 13.0 Å². The fourth-order valence-corrected chi connectivity index (χ4v) is 1.30. The molecule has 1 saturated heterocycles. The summed E-state index contributed by atoms with van der Waals surface area (Å²) in [5.74, 6) is 4.48. The van der Waals surface area contributed by atoms with Gasteiger partial charge in [0.05, 0.1) is 0 Å². The first-order chi connectivity index (χ1) is 5.21. The first kappa shape index (κ1) is 8.09. The van der Waals surface area contributed by atoms with Crippen LogP contribution in [0.5, 0.6) is 0 Å². The predicted octanol–water partition coefficient (Wildman–Crippen LogP) is 0.216. The van der Waals surface area contributed by atoms with Crippen molar-refractivity contribution in [3.05, 3.63) is 0 Å². The van der Waals surface area contributed by atoms with Crippen molar-refractivity contribution >= 4 is 5.97 Å². The van der Waals surface area contributed by atoms with Crippen LogP contribution in [0.2, 0.25) is 0 Å². The van der Waals surface area contributed by atoms with Crippen molar-refractivity contribution in [2.24, 2.45) is 0 Å². The predicted molar refractivity (Wildman–Crippen MR) is 41.1 cm³/mol. The monoisotopic (exact) mass is 153 g/mol. The molecule has 1 aliphatic heterocycles. The highest BCUT2D eigenvalue weighted by molar-refractivity contribution is 5.83. The van der Waals surface area contributed by atoms with E-state index in [9.17, 15) is 4.79 Å². The molecule has 0 bridgehead atoms. The second-order valence-electron chi connectivity index (χ2n) is 2.62. The van der Waals surface area contributed by atoms with Crippen molar-refractivity contribution in [1.29, 1.82) is 0 Å². The van der Waals surface area contributed by atoms with Crippen LogP contribution in [-0.2, 0) is 4.79 Å². The summed E-state index contributed by atoms with van der Waals surface area (Å²) in [5.41, 5.74) is -0.950. The van der Waals surface area contributed by atoms with Crippen LogP contribution in [0.15, 0.2) is 0 Å². The number of carboxylic acids is 1. The summed E-state index contributed by atoms with van der Waals surface area (Å²) in [4.78, 5) is 10.7. The molecule has 1 heterocycles. The lowest BCUT2D eigenvalue weighted by Gasteiger charge is -2.16. The van der Waals surface area contributed by atoms with Gasteiger partial charge in [0.2, 0.25) is 0 Å². The molecule has 1 fully saturated rings. The molecule has 3 nitrogen and oxygen atoms in total. The fraction of sp³-hybridized carbons (Fsp3) is 0.625. The average molecular weight is 153 g/mol. The van der Waals surface area contributed by atoms with Gasteiger partial charge in [-0.15, -0.1) is 5.92 Å². The van der Waals surface area contributed by atoms with Gasteiger partial charge in [-0.25, -0.2) is 4.79 Å². The van der Waals surface area contributed by atoms with Gasteiger partial charge < -0.3 is 5.11 Å². The molecule has 0 saturated carbocycles. The van der Waals surface area contributed by atoms with E-state index >= 15 is 0 Å². The quantitative estimate of drug-likeness (QED) is 0.530. The molecule has 0 radical (unpaired) electrons. The Hall–Kier alpha value is -1.01. The third kappa shape index (κ3) is 1.36. The van der Waals surface area contributed by atoms with Gasteiger partial charge in [0, 0.05) is 0 Å². The normalized spacial score (nSPS) is 29.2. The molecular formula is C8H11NO2. The van der Waals surface area contributed by atoms with Crippen molar-refractivity contribution in [1.82, 2.24) is 5.32 Å². The number of carbonyl (C=O) groups is 1. The zero-order valence-corrected chi connectivity index (χ0v) is 6.48. The highest BCUT2D eigenvalue weighted by atomic mass is 16.4. The van der Waals surface area contributed by atoms with Crippen LogP contribution >= 0.6 is 0 Å². The van der Waals surface area contributed by atoms with Crippen molar-refractivity contribution in [2.45, 2.75) is 25.3 Å². The topological polar surface area (TPSA) is 49.3 Å². The van der Waals surface area contributed by atoms with Crippen molar-refractivity contribution in [3.63, 3.8) is 0 Å². The summed E-state index contributed by atoms with van der Waals surface area (Å²) in [6.07, 6.45) is 1.50. The molecule has 60 valence electrons. The highest BCUT2D eigenvalue weighted by Gasteiger charge is 2.39. The van der Waals surface area contributed by atoms with E-state index in [4.69, 9.17) is 5.11 Å². The maximum Gasteiger partial charge on any atom is 0.336 e. The van der Waals surface area contributed by atoms with E-state index in [-0.39, 0.29) is 0 Å². The van der Waals surface area contributed by atoms with E-state index < -0.39 is 11.5 Å². The number of carboxylic acid groups (broad SMARTS) is 1. The SMILES string of the molecule is CC#C[C@@]1(C(=O)O)CCCN1. The summed E-state index contributed by atoms with van der Waals surface area (Å²) in [6, 6.07) is 0. The van der Waals surface area contributed by atoms with E-state index in [1.807, 2.05) is 0 Å². The maximum atomic E-state index is 10.7. The molecule has 0 spiro atoms. The highest BCUT2D eigenvalue weighted by Crippen LogP contribution is 2.18. The lowest BCUT2D eigenvalue weighted by Crippen LogP contribution is -2.46. The zero-order chi connectivity index (χ0) is 8.32. The van der Waals surface area contributed by atoms with Crippen LogP contribution in [-0.4, -0.2) is 23.2 Å². The second-order valence-corrected chi connectivity index (χ2v) is 2.62. The Labute approximate surface area is 65.8 Å². The molecule has 0 amide bonds. The maximum absolute atomic E-state index is 10.7. The van der Waals surface area contributed by atoms with Crippen LogP contribution in [0, 0.1) is 11.8 Å². The Kier molecular flexibility index (Phi) is 2.16. The van der Waals surface area contributed by atoms with Gasteiger partial charge in [0.25, 0.3) is 0 Å². The minimum atomic E-state index is -0.950. The van der Waals surface area contributed by atoms with E-state index in [0.29, 0.717) is 6.42 Å². The smallest absolute Gasteiger partial charge is 0.336 e. The van der Waals surface area contributed by atoms with E-state index in [1.165, 1.54) is 0 Å². The van der Waals surface area contributed by atoms with E-state index in [1.54, 1.807) is 6.92 Å². The van der Waals surface area contributed by atoms with Crippen molar-refractivity contribution in [3.8, 4) is 11.8 Å². The average Bonchev–Trinajstić information content (AvgIpc) is 2.38. The zero-order valence-electron chi connectivity index (χ0n) is 6.48. The molecule has 0 aromatic carbocycles. The molecule has 1 rings (SSSR count). The summed E-state index contributed by atoms with van der Waals surface area (Å²) >= 11 is 0. The largest absolute Gasteiger partial charge is 0.479 e. The lowest BCUT2D eigenvalue weighted by atomic mass is 9.99. The molecule has 11 heavy (non-hydrogen) atoms. The molecule has 1 aliphatic rings. The Morgan fingerprint density at radius 2 is 2.45 bits per heavy atom. The fourth-order valence-electron chi connectivity index (χ4n) is 1.30. The molecule has 2 N–H and O–H groups in total. The lowest BCUT2D eigenvalue weighted by molar-refractivity contribution is -0.141. The number of rotatable bonds is 1. The molecule has 0 aliphatic carbocycles. The number of hydrogen-bond acceptors (Lipinski definition) is 2. The third-order valence-electron chi connectivity index (χ3n) is 1.86. The Bertz CT molecular complexity index is 218. The molecule has 0 aromatic heterocycles. The molecule has 0 unspecified atom stereocenters. The van der Waals surface area contributed by atoms with Gasteiger partial charge in [0.1, 0.15) is 0 Å². The van der Waals surface area contributed by atoms with Gasteiger partial charge in [-0.1, -0.05) is 5.92 Å². The summed E-state index contributed by atoms with van der Waals surface area (Å²) in [7, 11) is 0. The van der Waals surface area contributed by atoms with Crippen LogP contribution in [0.4, 0.5) is 0 Å². The van der Waals surface area contributed by atoms with Crippen LogP contribution in [0.3, 0.4) is 0 Å². The minimum Gasteiger partial charge on any atom is -0.479 e. The minimum absolute atomic E-state index is 0.614. The van der Waals surface area contributed by atoms with E-state index in [2.05, 4.69) is 17.2 Å². The first-order valence-corrected chi connectivity index (χ1v) is 3.63. The third-order valence-corrected chi connectivity index (χ3v) is 1.86. The first-order valence-electron chi connectivity index (χ1n) is 3.63. The molecule has 3 heteroatoms. The number of hydrogen-bond donors (Lipinski definition) is 2. The molecular weight excluding hydrogens is 142 g/mol. The standard InChI is InChI=1S/C8H11NO2/c1-2-4-8(7(10)11)5-3-6-9-8/h9H,3,5-6H2,1H3,(H,10,11)/t8-/m0/s1. The van der Waals surface area contributed by atoms with Crippen molar-refractivity contribution < 1.29 is 9.90 Å². The van der Waals surface area contributed by atoms with Gasteiger partial charge in [-0.3, -0.25) is 5.32 Å². The van der Waals surface area contributed by atoms with Crippen LogP contribution in [0.25, 0.3) is 0 Å². The van der Waals surface area contributed by atoms with Gasteiger partial charge >= 0.3 is 5.97 Å². The summed E-state index contributed by atoms with van der Waals surface area (Å²) in [5, 5.41) is 11.7. The van der Waals surface area contributed by atoms with Crippen molar-refractivity contribution in [2.75, 3.05) is 6.54 Å². The Balaban J connectivity index is 2.84. The number of aliphatic carboxylic acids is 1. The molecule has 0 aromatic rings. The van der Waals surface area contributed by atoms with Gasteiger partial charge in [-0.05, 0) is 26.3 Å². The van der Waals surface area contributed by atoms with Crippen LogP contribution < -0.4 is 5.32 Å². The second kappa shape index (κ2) is 2.93. The van der Waals surface area contributed by atoms with Crippen LogP contribution in [0.1, 0.15) is 19.8 Å².